The molecule has 2 rings (SSSR count). The molecule has 3 atom stereocenters. The summed E-state index contributed by atoms with van der Waals surface area (Å²) in [5.74, 6) is 2.12. The zero-order valence-electron chi connectivity index (χ0n) is 17.7. The van der Waals surface area contributed by atoms with Crippen molar-refractivity contribution in [2.24, 2.45) is 5.92 Å². The van der Waals surface area contributed by atoms with Gasteiger partial charge in [0.25, 0.3) is 0 Å². The van der Waals surface area contributed by atoms with E-state index < -0.39 is 0 Å². The highest BCUT2D eigenvalue weighted by Crippen LogP contribution is 2.26. The molecule has 6 nitrogen and oxygen atoms in total. The molecule has 1 aromatic rings. The molecule has 7 heteroatoms. The van der Waals surface area contributed by atoms with E-state index in [-0.39, 0.29) is 11.9 Å². The van der Waals surface area contributed by atoms with E-state index in [2.05, 4.69) is 59.8 Å². The standard InChI is InChI=1S/C20H37N5OS/c1-6-8-13-25-19(17(7-2)24(4)5)22-23-20(25)27-14-18(26)21-16-12-10-9-11-15(16)3/h15-17H,6-14H2,1-5H3,(H,21,26). The van der Waals surface area contributed by atoms with Crippen LogP contribution in [0.15, 0.2) is 5.16 Å². The molecular formula is C20H37N5OS. The second-order valence-corrected chi connectivity index (χ2v) is 8.90. The molecule has 3 unspecified atom stereocenters. The zero-order valence-corrected chi connectivity index (χ0v) is 18.5. The summed E-state index contributed by atoms with van der Waals surface area (Å²) in [5.41, 5.74) is 0. The van der Waals surface area contributed by atoms with E-state index in [0.717, 1.165) is 43.2 Å². The summed E-state index contributed by atoms with van der Waals surface area (Å²) < 4.78 is 2.22. The van der Waals surface area contributed by atoms with Crippen molar-refractivity contribution in [3.63, 3.8) is 0 Å². The minimum absolute atomic E-state index is 0.116. The van der Waals surface area contributed by atoms with Gasteiger partial charge in [0.2, 0.25) is 5.91 Å². The molecule has 0 spiro atoms. The molecule has 0 aliphatic heterocycles. The van der Waals surface area contributed by atoms with Gasteiger partial charge in [-0.1, -0.05) is 51.8 Å². The molecule has 1 aromatic heterocycles. The number of nitrogens with one attached hydrogen (secondary N) is 1. The molecule has 1 amide bonds. The van der Waals surface area contributed by atoms with Gasteiger partial charge in [-0.05, 0) is 45.7 Å². The second kappa shape index (κ2) is 11.1. The third kappa shape index (κ3) is 6.21. The fourth-order valence-corrected chi connectivity index (χ4v) is 4.65. The van der Waals surface area contributed by atoms with Crippen LogP contribution in [0.4, 0.5) is 0 Å². The summed E-state index contributed by atoms with van der Waals surface area (Å²) >= 11 is 1.51. The summed E-state index contributed by atoms with van der Waals surface area (Å²) in [6.45, 7) is 7.53. The smallest absolute Gasteiger partial charge is 0.230 e. The number of thioether (sulfide) groups is 1. The van der Waals surface area contributed by atoms with E-state index in [0.29, 0.717) is 17.7 Å². The normalized spacial score (nSPS) is 21.4. The van der Waals surface area contributed by atoms with Crippen molar-refractivity contribution in [3.05, 3.63) is 5.82 Å². The summed E-state index contributed by atoms with van der Waals surface area (Å²) in [6.07, 6.45) is 8.04. The van der Waals surface area contributed by atoms with Gasteiger partial charge in [0.15, 0.2) is 11.0 Å². The maximum absolute atomic E-state index is 12.5. The van der Waals surface area contributed by atoms with E-state index in [1.165, 1.54) is 31.0 Å². The Kier molecular flexibility index (Phi) is 9.09. The van der Waals surface area contributed by atoms with Crippen LogP contribution in [0.5, 0.6) is 0 Å². The predicted molar refractivity (Wildman–Crippen MR) is 112 cm³/mol. The lowest BCUT2D eigenvalue weighted by Gasteiger charge is -2.29. The Hall–Kier alpha value is -1.08. The van der Waals surface area contributed by atoms with Gasteiger partial charge in [-0.3, -0.25) is 9.69 Å². The van der Waals surface area contributed by atoms with E-state index in [1.54, 1.807) is 0 Å². The van der Waals surface area contributed by atoms with E-state index in [9.17, 15) is 4.79 Å². The van der Waals surface area contributed by atoms with Gasteiger partial charge in [0.05, 0.1) is 11.8 Å². The number of carbonyl (C=O) groups is 1. The summed E-state index contributed by atoms with van der Waals surface area (Å²) in [7, 11) is 4.16. The Morgan fingerprint density at radius 2 is 2.04 bits per heavy atom. The minimum atomic E-state index is 0.116. The number of hydrogen-bond donors (Lipinski definition) is 1. The highest BCUT2D eigenvalue weighted by atomic mass is 32.2. The maximum Gasteiger partial charge on any atom is 0.230 e. The SMILES string of the molecule is CCCCn1c(SCC(=O)NC2CCCCC2C)nnc1C(CC)N(C)C. The van der Waals surface area contributed by atoms with Crippen molar-refractivity contribution in [3.8, 4) is 0 Å². The quantitative estimate of drug-likeness (QED) is 0.609. The number of hydrogen-bond acceptors (Lipinski definition) is 5. The zero-order chi connectivity index (χ0) is 19.8. The van der Waals surface area contributed by atoms with Crippen molar-refractivity contribution >= 4 is 17.7 Å². The van der Waals surface area contributed by atoms with Crippen LogP contribution in [-0.2, 0) is 11.3 Å². The van der Waals surface area contributed by atoms with Crippen LogP contribution in [0.2, 0.25) is 0 Å². The fraction of sp³-hybridized carbons (Fsp3) is 0.850. The third-order valence-corrected chi connectivity index (χ3v) is 6.55. The average Bonchev–Trinajstić information content (AvgIpc) is 3.03. The van der Waals surface area contributed by atoms with Gasteiger partial charge in [-0.25, -0.2) is 0 Å². The molecule has 0 bridgehead atoms. The van der Waals surface area contributed by atoms with Gasteiger partial charge in [0.1, 0.15) is 0 Å². The summed E-state index contributed by atoms with van der Waals surface area (Å²) in [4.78, 5) is 14.7. The molecule has 1 aliphatic rings. The van der Waals surface area contributed by atoms with E-state index in [1.807, 2.05) is 0 Å². The number of unbranched alkanes of at least 4 members (excludes halogenated alkanes) is 1. The number of aromatic nitrogens is 3. The summed E-state index contributed by atoms with van der Waals surface area (Å²) in [6, 6.07) is 0.583. The van der Waals surface area contributed by atoms with Gasteiger partial charge in [-0.15, -0.1) is 10.2 Å². The van der Waals surface area contributed by atoms with Gasteiger partial charge in [-0.2, -0.15) is 0 Å². The van der Waals surface area contributed by atoms with Crippen LogP contribution in [0, 0.1) is 5.92 Å². The molecule has 1 fully saturated rings. The lowest BCUT2D eigenvalue weighted by Crippen LogP contribution is -2.41. The highest BCUT2D eigenvalue weighted by Gasteiger charge is 2.24. The van der Waals surface area contributed by atoms with Crippen LogP contribution in [0.3, 0.4) is 0 Å². The van der Waals surface area contributed by atoms with Crippen molar-refractivity contribution in [1.82, 2.24) is 25.0 Å². The minimum Gasteiger partial charge on any atom is -0.352 e. The van der Waals surface area contributed by atoms with Crippen LogP contribution < -0.4 is 5.32 Å². The first-order valence-electron chi connectivity index (χ1n) is 10.5. The number of rotatable bonds is 10. The van der Waals surface area contributed by atoms with Gasteiger partial charge in [0, 0.05) is 12.6 Å². The molecule has 0 radical (unpaired) electrons. The molecule has 1 aliphatic carbocycles. The molecular weight excluding hydrogens is 358 g/mol. The predicted octanol–water partition coefficient (Wildman–Crippen LogP) is 3.88. The van der Waals surface area contributed by atoms with Gasteiger partial charge >= 0.3 is 0 Å². The van der Waals surface area contributed by atoms with Gasteiger partial charge < -0.3 is 9.88 Å². The number of nitrogens with zero attached hydrogens (tertiary/aromatic N) is 4. The van der Waals surface area contributed by atoms with Crippen LogP contribution in [-0.4, -0.2) is 51.5 Å². The molecule has 0 aromatic carbocycles. The number of amides is 1. The maximum atomic E-state index is 12.5. The Balaban J connectivity index is 2.01. The van der Waals surface area contributed by atoms with Crippen molar-refractivity contribution < 1.29 is 4.79 Å². The van der Waals surface area contributed by atoms with Crippen molar-refractivity contribution in [2.45, 2.75) is 89.5 Å². The lowest BCUT2D eigenvalue weighted by molar-refractivity contribution is -0.119. The monoisotopic (exact) mass is 395 g/mol. The van der Waals surface area contributed by atoms with Crippen molar-refractivity contribution in [1.29, 1.82) is 0 Å². The Bertz CT molecular complexity index is 589. The molecule has 1 saturated carbocycles. The Morgan fingerprint density at radius 1 is 1.30 bits per heavy atom. The summed E-state index contributed by atoms with van der Waals surface area (Å²) in [5, 5.41) is 13.0. The number of carbonyl (C=O) groups excluding carboxylic acids is 1. The van der Waals surface area contributed by atoms with Crippen LogP contribution >= 0.6 is 11.8 Å². The first-order valence-corrected chi connectivity index (χ1v) is 11.5. The van der Waals surface area contributed by atoms with Crippen LogP contribution in [0.25, 0.3) is 0 Å². The Labute approximate surface area is 168 Å². The fourth-order valence-electron chi connectivity index (χ4n) is 3.87. The molecule has 1 N–H and O–H groups in total. The first-order chi connectivity index (χ1) is 13.0. The Morgan fingerprint density at radius 3 is 2.67 bits per heavy atom. The molecule has 1 heterocycles. The largest absolute Gasteiger partial charge is 0.352 e. The first kappa shape index (κ1) is 22.2. The lowest BCUT2D eigenvalue weighted by atomic mass is 9.86. The molecule has 0 saturated heterocycles. The van der Waals surface area contributed by atoms with E-state index in [4.69, 9.17) is 0 Å². The molecule has 27 heavy (non-hydrogen) atoms. The van der Waals surface area contributed by atoms with Crippen LogP contribution in [0.1, 0.15) is 77.6 Å². The topological polar surface area (TPSA) is 63.1 Å². The molecule has 154 valence electrons. The highest BCUT2D eigenvalue weighted by molar-refractivity contribution is 7.99. The third-order valence-electron chi connectivity index (χ3n) is 5.58. The van der Waals surface area contributed by atoms with E-state index >= 15 is 0 Å². The average molecular weight is 396 g/mol. The van der Waals surface area contributed by atoms with Crippen molar-refractivity contribution in [2.75, 3.05) is 19.8 Å². The second-order valence-electron chi connectivity index (χ2n) is 7.96.